The molecule has 170 valence electrons. The molecule has 0 atom stereocenters. The maximum Gasteiger partial charge on any atom is 0.154 e. The van der Waals surface area contributed by atoms with Crippen LogP contribution in [0.5, 0.6) is 0 Å². The number of hydrogen-bond donors (Lipinski definition) is 2. The molecule has 3 nitrogen and oxygen atoms in total. The first kappa shape index (κ1) is 23.8. The summed E-state index contributed by atoms with van der Waals surface area (Å²) in [4.78, 5) is 4.75. The number of nitrogens with zero attached hydrogens (tertiary/aromatic N) is 1. The number of hydrogen-bond acceptors (Lipinski definition) is 3. The van der Waals surface area contributed by atoms with Crippen molar-refractivity contribution in [3.63, 3.8) is 0 Å². The minimum atomic E-state index is 0.422. The van der Waals surface area contributed by atoms with Crippen molar-refractivity contribution in [2.45, 2.75) is 79.1 Å². The average molecular weight is 430 g/mol. The molecular formula is C29H39N3. The zero-order chi connectivity index (χ0) is 23.4. The molecule has 3 aromatic rings. The number of pyridine rings is 1. The second kappa shape index (κ2) is 10.2. The Morgan fingerprint density at radius 2 is 0.938 bits per heavy atom. The van der Waals surface area contributed by atoms with E-state index in [0.717, 1.165) is 11.5 Å². The van der Waals surface area contributed by atoms with Crippen LogP contribution in [0.15, 0.2) is 54.7 Å². The Labute approximate surface area is 194 Å². The molecule has 0 saturated carbocycles. The Balaban J connectivity index is 2.09. The van der Waals surface area contributed by atoms with Crippen LogP contribution >= 0.6 is 0 Å². The van der Waals surface area contributed by atoms with E-state index in [1.807, 2.05) is 12.3 Å². The van der Waals surface area contributed by atoms with Gasteiger partial charge in [0.25, 0.3) is 0 Å². The lowest BCUT2D eigenvalue weighted by Crippen LogP contribution is -2.08. The van der Waals surface area contributed by atoms with E-state index >= 15 is 0 Å². The highest BCUT2D eigenvalue weighted by molar-refractivity contribution is 5.79. The number of anilines is 4. The summed E-state index contributed by atoms with van der Waals surface area (Å²) < 4.78 is 0. The molecule has 0 amide bonds. The fourth-order valence-corrected chi connectivity index (χ4v) is 4.25. The van der Waals surface area contributed by atoms with Crippen molar-refractivity contribution in [3.8, 4) is 0 Å². The summed E-state index contributed by atoms with van der Waals surface area (Å²) in [5.74, 6) is 2.56. The van der Waals surface area contributed by atoms with Crippen molar-refractivity contribution in [1.29, 1.82) is 0 Å². The highest BCUT2D eigenvalue weighted by Gasteiger charge is 2.18. The lowest BCUT2D eigenvalue weighted by molar-refractivity contribution is 0.837. The van der Waals surface area contributed by atoms with Gasteiger partial charge in [0, 0.05) is 17.6 Å². The Morgan fingerprint density at radius 3 is 1.34 bits per heavy atom. The summed E-state index contributed by atoms with van der Waals surface area (Å²) in [5, 5.41) is 7.48. The van der Waals surface area contributed by atoms with E-state index in [0.29, 0.717) is 23.7 Å². The zero-order valence-electron chi connectivity index (χ0n) is 21.0. The standard InChI is InChI=1S/C29H39N3/c1-18(2)22-12-9-13-23(19(3)4)27(22)31-26-16-11-17-30-29(26)32-28-24(20(5)6)14-10-15-25(28)21(7)8/h9-21,31H,1-8H3,(H,30,32). The molecule has 0 aliphatic heterocycles. The van der Waals surface area contributed by atoms with Crippen LogP contribution in [0.2, 0.25) is 0 Å². The molecular weight excluding hydrogens is 390 g/mol. The topological polar surface area (TPSA) is 37.0 Å². The summed E-state index contributed by atoms with van der Waals surface area (Å²) in [6.07, 6.45) is 1.86. The maximum absolute atomic E-state index is 4.75. The Morgan fingerprint density at radius 1 is 0.531 bits per heavy atom. The normalized spacial score (nSPS) is 11.6. The summed E-state index contributed by atoms with van der Waals surface area (Å²) in [7, 11) is 0. The van der Waals surface area contributed by atoms with E-state index in [2.05, 4.69) is 108 Å². The van der Waals surface area contributed by atoms with E-state index < -0.39 is 0 Å². The lowest BCUT2D eigenvalue weighted by Gasteiger charge is -2.24. The molecule has 0 bridgehead atoms. The second-order valence-electron chi connectivity index (χ2n) is 9.89. The first-order valence-corrected chi connectivity index (χ1v) is 11.9. The van der Waals surface area contributed by atoms with Crippen LogP contribution in [0.4, 0.5) is 22.9 Å². The van der Waals surface area contributed by atoms with Gasteiger partial charge in [0.2, 0.25) is 0 Å². The molecule has 0 aliphatic rings. The molecule has 1 aromatic heterocycles. The van der Waals surface area contributed by atoms with E-state index in [4.69, 9.17) is 4.98 Å². The number of benzene rings is 2. The molecule has 0 aliphatic carbocycles. The Hall–Kier alpha value is -2.81. The molecule has 0 spiro atoms. The predicted molar refractivity (Wildman–Crippen MR) is 140 cm³/mol. The fourth-order valence-electron chi connectivity index (χ4n) is 4.25. The third-order valence-electron chi connectivity index (χ3n) is 6.06. The SMILES string of the molecule is CC(C)c1cccc(C(C)C)c1Nc1cccnc1Nc1c(C(C)C)cccc1C(C)C. The number of nitrogens with one attached hydrogen (secondary N) is 2. The molecule has 2 N–H and O–H groups in total. The third-order valence-corrected chi connectivity index (χ3v) is 6.06. The quantitative estimate of drug-likeness (QED) is 0.375. The first-order valence-electron chi connectivity index (χ1n) is 11.9. The molecule has 1 heterocycles. The van der Waals surface area contributed by atoms with Crippen molar-refractivity contribution in [1.82, 2.24) is 4.98 Å². The van der Waals surface area contributed by atoms with Crippen LogP contribution < -0.4 is 10.6 Å². The van der Waals surface area contributed by atoms with E-state index in [9.17, 15) is 0 Å². The van der Waals surface area contributed by atoms with Crippen LogP contribution in [0.25, 0.3) is 0 Å². The van der Waals surface area contributed by atoms with Crippen LogP contribution in [-0.4, -0.2) is 4.98 Å². The number of aromatic nitrogens is 1. The molecule has 0 saturated heterocycles. The van der Waals surface area contributed by atoms with Crippen molar-refractivity contribution >= 4 is 22.9 Å². The van der Waals surface area contributed by atoms with Crippen molar-refractivity contribution < 1.29 is 0 Å². The zero-order valence-corrected chi connectivity index (χ0v) is 21.0. The molecule has 3 rings (SSSR count). The van der Waals surface area contributed by atoms with Gasteiger partial charge in [-0.05, 0) is 58.1 Å². The van der Waals surface area contributed by atoms with Gasteiger partial charge in [-0.1, -0.05) is 91.8 Å². The minimum Gasteiger partial charge on any atom is -0.352 e. The number of para-hydroxylation sites is 2. The highest BCUT2D eigenvalue weighted by atomic mass is 15.0. The highest BCUT2D eigenvalue weighted by Crippen LogP contribution is 2.39. The molecule has 2 aromatic carbocycles. The van der Waals surface area contributed by atoms with Crippen LogP contribution in [0.3, 0.4) is 0 Å². The van der Waals surface area contributed by atoms with Crippen molar-refractivity contribution in [2.24, 2.45) is 0 Å². The van der Waals surface area contributed by atoms with E-state index in [1.165, 1.54) is 33.6 Å². The van der Waals surface area contributed by atoms with Gasteiger partial charge in [-0.2, -0.15) is 0 Å². The predicted octanol–water partition coefficient (Wildman–Crippen LogP) is 9.06. The van der Waals surface area contributed by atoms with Gasteiger partial charge in [-0.25, -0.2) is 4.98 Å². The van der Waals surface area contributed by atoms with Gasteiger partial charge in [0.05, 0.1) is 5.69 Å². The van der Waals surface area contributed by atoms with E-state index in [-0.39, 0.29) is 0 Å². The van der Waals surface area contributed by atoms with Gasteiger partial charge in [0.15, 0.2) is 5.82 Å². The smallest absolute Gasteiger partial charge is 0.154 e. The minimum absolute atomic E-state index is 0.422. The van der Waals surface area contributed by atoms with Gasteiger partial charge >= 0.3 is 0 Å². The maximum atomic E-state index is 4.75. The van der Waals surface area contributed by atoms with Crippen LogP contribution in [0.1, 0.15) is 101 Å². The second-order valence-corrected chi connectivity index (χ2v) is 9.89. The van der Waals surface area contributed by atoms with Crippen LogP contribution in [0, 0.1) is 0 Å². The van der Waals surface area contributed by atoms with Gasteiger partial charge in [0.1, 0.15) is 0 Å². The Kier molecular flexibility index (Phi) is 7.60. The first-order chi connectivity index (χ1) is 15.2. The summed E-state index contributed by atoms with van der Waals surface area (Å²) in [5.41, 5.74) is 8.68. The van der Waals surface area contributed by atoms with Gasteiger partial charge < -0.3 is 10.6 Å². The van der Waals surface area contributed by atoms with Crippen molar-refractivity contribution in [2.75, 3.05) is 10.6 Å². The molecule has 0 fully saturated rings. The third kappa shape index (κ3) is 5.15. The van der Waals surface area contributed by atoms with Crippen molar-refractivity contribution in [3.05, 3.63) is 77.0 Å². The average Bonchev–Trinajstić information content (AvgIpc) is 2.74. The monoisotopic (exact) mass is 429 g/mol. The molecule has 0 unspecified atom stereocenters. The summed E-state index contributed by atoms with van der Waals surface area (Å²) in [6.45, 7) is 18.0. The van der Waals surface area contributed by atoms with Crippen LogP contribution in [-0.2, 0) is 0 Å². The van der Waals surface area contributed by atoms with E-state index in [1.54, 1.807) is 0 Å². The summed E-state index contributed by atoms with van der Waals surface area (Å²) >= 11 is 0. The number of rotatable bonds is 8. The van der Waals surface area contributed by atoms with Gasteiger partial charge in [-0.3, -0.25) is 0 Å². The lowest BCUT2D eigenvalue weighted by atomic mass is 9.92. The molecule has 32 heavy (non-hydrogen) atoms. The largest absolute Gasteiger partial charge is 0.352 e. The Bertz CT molecular complexity index is 911. The molecule has 3 heteroatoms. The van der Waals surface area contributed by atoms with Gasteiger partial charge in [-0.15, -0.1) is 0 Å². The molecule has 0 radical (unpaired) electrons. The fraction of sp³-hybridized carbons (Fsp3) is 0.414. The summed E-state index contributed by atoms with van der Waals surface area (Å²) in [6, 6.07) is 17.4.